The monoisotopic (exact) mass is 329 g/mol. The van der Waals surface area contributed by atoms with Gasteiger partial charge >= 0.3 is 0 Å². The number of carbonyl (C=O) groups excluding carboxylic acids is 1. The molecule has 3 rings (SSSR count). The normalized spacial score (nSPS) is 15.7. The second-order valence-corrected chi connectivity index (χ2v) is 5.77. The van der Waals surface area contributed by atoms with Crippen molar-refractivity contribution in [2.24, 2.45) is 0 Å². The zero-order valence-electron chi connectivity index (χ0n) is 13.3. The third-order valence-corrected chi connectivity index (χ3v) is 4.03. The summed E-state index contributed by atoms with van der Waals surface area (Å²) in [5.41, 5.74) is 1.49. The predicted molar refractivity (Wildman–Crippen MR) is 90.1 cm³/mol. The highest BCUT2D eigenvalue weighted by molar-refractivity contribution is 5.91. The van der Waals surface area contributed by atoms with Crippen LogP contribution in [0.15, 0.2) is 36.4 Å². The van der Waals surface area contributed by atoms with Crippen LogP contribution in [0.4, 0.5) is 10.2 Å². The topological polar surface area (TPSA) is 67.0 Å². The number of nitrogens with one attached hydrogen (secondary N) is 2. The average molecular weight is 329 g/mol. The van der Waals surface area contributed by atoms with Gasteiger partial charge in [0.25, 0.3) is 0 Å². The average Bonchev–Trinajstić information content (AvgIpc) is 3.06. The molecule has 6 heteroatoms. The van der Waals surface area contributed by atoms with Gasteiger partial charge in [0.15, 0.2) is 5.82 Å². The summed E-state index contributed by atoms with van der Waals surface area (Å²) < 4.78 is 18.8. The van der Waals surface area contributed by atoms with Gasteiger partial charge in [-0.15, -0.1) is 0 Å². The van der Waals surface area contributed by atoms with Crippen LogP contribution in [0.2, 0.25) is 0 Å². The van der Waals surface area contributed by atoms with Crippen LogP contribution in [0.1, 0.15) is 36.4 Å². The summed E-state index contributed by atoms with van der Waals surface area (Å²) in [4.78, 5) is 11.9. The number of carbonyl (C=O) groups is 1. The fourth-order valence-electron chi connectivity index (χ4n) is 2.72. The zero-order chi connectivity index (χ0) is 16.8. The number of nitrogens with zero attached hydrogens (tertiary/aromatic N) is 1. The van der Waals surface area contributed by atoms with Crippen molar-refractivity contribution < 1.29 is 13.9 Å². The van der Waals surface area contributed by atoms with Crippen LogP contribution in [0.25, 0.3) is 6.08 Å². The lowest BCUT2D eigenvalue weighted by atomic mass is 9.97. The molecule has 1 fully saturated rings. The Labute approximate surface area is 139 Å². The van der Waals surface area contributed by atoms with Gasteiger partial charge in [-0.3, -0.25) is 9.89 Å². The molecular weight excluding hydrogens is 309 g/mol. The van der Waals surface area contributed by atoms with Crippen LogP contribution in [0.5, 0.6) is 0 Å². The van der Waals surface area contributed by atoms with Crippen LogP contribution in [-0.4, -0.2) is 29.3 Å². The van der Waals surface area contributed by atoms with E-state index in [1.54, 1.807) is 30.4 Å². The molecule has 2 N–H and O–H groups in total. The van der Waals surface area contributed by atoms with E-state index >= 15 is 0 Å². The second-order valence-electron chi connectivity index (χ2n) is 5.77. The van der Waals surface area contributed by atoms with Gasteiger partial charge in [-0.2, -0.15) is 5.10 Å². The second kappa shape index (κ2) is 7.88. The molecule has 0 unspecified atom stereocenters. The molecule has 0 spiro atoms. The number of aromatic nitrogens is 2. The van der Waals surface area contributed by atoms with Crippen LogP contribution in [-0.2, 0) is 9.53 Å². The quantitative estimate of drug-likeness (QED) is 0.882. The van der Waals surface area contributed by atoms with E-state index in [9.17, 15) is 9.18 Å². The molecule has 1 aliphatic rings. The highest BCUT2D eigenvalue weighted by Gasteiger charge is 2.18. The van der Waals surface area contributed by atoms with Crippen molar-refractivity contribution in [2.45, 2.75) is 25.2 Å². The molecule has 1 amide bonds. The van der Waals surface area contributed by atoms with Crippen LogP contribution >= 0.6 is 0 Å². The number of H-pyrrole nitrogens is 1. The van der Waals surface area contributed by atoms with Crippen molar-refractivity contribution in [3.05, 3.63) is 53.5 Å². The van der Waals surface area contributed by atoms with Crippen molar-refractivity contribution in [1.29, 1.82) is 0 Å². The van der Waals surface area contributed by atoms with Crippen LogP contribution < -0.4 is 5.32 Å². The van der Waals surface area contributed by atoms with Gasteiger partial charge in [0.1, 0.15) is 5.82 Å². The summed E-state index contributed by atoms with van der Waals surface area (Å²) in [5.74, 6) is 0.425. The molecule has 1 saturated heterocycles. The minimum Gasteiger partial charge on any atom is -0.381 e. The first-order valence-corrected chi connectivity index (χ1v) is 8.06. The van der Waals surface area contributed by atoms with Crippen molar-refractivity contribution >= 4 is 17.8 Å². The molecule has 5 nitrogen and oxygen atoms in total. The number of hydrogen-bond donors (Lipinski definition) is 2. The van der Waals surface area contributed by atoms with Crippen LogP contribution in [0, 0.1) is 5.82 Å². The third kappa shape index (κ3) is 4.29. The van der Waals surface area contributed by atoms with Gasteiger partial charge in [0, 0.05) is 42.9 Å². The number of ether oxygens (including phenoxy) is 1. The Kier molecular flexibility index (Phi) is 5.38. The first-order chi connectivity index (χ1) is 11.7. The molecule has 2 aromatic rings. The Morgan fingerprint density at radius 1 is 1.38 bits per heavy atom. The van der Waals surface area contributed by atoms with Crippen molar-refractivity contribution in [3.8, 4) is 0 Å². The third-order valence-electron chi connectivity index (χ3n) is 4.03. The largest absolute Gasteiger partial charge is 0.381 e. The summed E-state index contributed by atoms with van der Waals surface area (Å²) in [5, 5.41) is 9.86. The first-order valence-electron chi connectivity index (χ1n) is 8.06. The van der Waals surface area contributed by atoms with Crippen molar-refractivity contribution in [1.82, 2.24) is 10.2 Å². The highest BCUT2D eigenvalue weighted by Crippen LogP contribution is 2.26. The van der Waals surface area contributed by atoms with E-state index in [1.807, 2.05) is 6.07 Å². The Balaban J connectivity index is 1.52. The van der Waals surface area contributed by atoms with Crippen molar-refractivity contribution in [2.75, 3.05) is 18.5 Å². The summed E-state index contributed by atoms with van der Waals surface area (Å²) in [6.45, 7) is 1.51. The molecular formula is C18H20FN3O2. The molecule has 126 valence electrons. The number of aromatic amines is 1. The fourth-order valence-corrected chi connectivity index (χ4v) is 2.72. The summed E-state index contributed by atoms with van der Waals surface area (Å²) in [7, 11) is 0. The molecule has 1 aromatic heterocycles. The smallest absolute Gasteiger partial charge is 0.229 e. The number of hydrogen-bond acceptors (Lipinski definition) is 3. The molecule has 1 aromatic carbocycles. The number of amides is 1. The fraction of sp³-hybridized carbons (Fsp3) is 0.333. The zero-order valence-corrected chi connectivity index (χ0v) is 13.3. The summed E-state index contributed by atoms with van der Waals surface area (Å²) >= 11 is 0. The van der Waals surface area contributed by atoms with E-state index in [4.69, 9.17) is 4.74 Å². The molecule has 2 heterocycles. The van der Waals surface area contributed by atoms with Crippen molar-refractivity contribution in [3.63, 3.8) is 0 Å². The molecule has 0 atom stereocenters. The standard InChI is InChI=1S/C18H20FN3O2/c19-15-6-2-1-4-13(15)5-3-7-18(23)20-17-12-16(21-22-17)14-8-10-24-11-9-14/h1-6,12,14H,7-11H2,(H2,20,21,22,23)/b5-3+. The lowest BCUT2D eigenvalue weighted by Crippen LogP contribution is -2.14. The number of halogens is 1. The van der Waals surface area contributed by atoms with Gasteiger partial charge in [0.2, 0.25) is 5.91 Å². The molecule has 0 aliphatic carbocycles. The SMILES string of the molecule is O=C(C/C=C/c1ccccc1F)Nc1cc(C2CCOCC2)[nH]n1. The Morgan fingerprint density at radius 2 is 2.17 bits per heavy atom. The van der Waals surface area contributed by atoms with Gasteiger partial charge in [0.05, 0.1) is 0 Å². The van der Waals surface area contributed by atoms with E-state index in [1.165, 1.54) is 6.07 Å². The Morgan fingerprint density at radius 3 is 2.96 bits per heavy atom. The number of anilines is 1. The maximum absolute atomic E-state index is 13.5. The molecule has 0 bridgehead atoms. The van der Waals surface area contributed by atoms with Crippen LogP contribution in [0.3, 0.4) is 0 Å². The highest BCUT2D eigenvalue weighted by atomic mass is 19.1. The van der Waals surface area contributed by atoms with E-state index in [0.717, 1.165) is 31.7 Å². The molecule has 0 radical (unpaired) electrons. The van der Waals surface area contributed by atoms with E-state index in [2.05, 4.69) is 15.5 Å². The lowest BCUT2D eigenvalue weighted by molar-refractivity contribution is -0.115. The first kappa shape index (κ1) is 16.4. The lowest BCUT2D eigenvalue weighted by Gasteiger charge is -2.20. The minimum atomic E-state index is -0.303. The van der Waals surface area contributed by atoms with Gasteiger partial charge in [-0.1, -0.05) is 30.4 Å². The Hall–Kier alpha value is -2.47. The summed E-state index contributed by atoms with van der Waals surface area (Å²) in [6.07, 6.45) is 5.32. The van der Waals surface area contributed by atoms with E-state index in [-0.39, 0.29) is 18.1 Å². The van der Waals surface area contributed by atoms with E-state index in [0.29, 0.717) is 17.3 Å². The van der Waals surface area contributed by atoms with Gasteiger partial charge in [-0.05, 0) is 18.9 Å². The molecule has 24 heavy (non-hydrogen) atoms. The maximum Gasteiger partial charge on any atom is 0.229 e. The molecule has 1 aliphatic heterocycles. The van der Waals surface area contributed by atoms with E-state index < -0.39 is 0 Å². The summed E-state index contributed by atoms with van der Waals surface area (Å²) in [6, 6.07) is 8.31. The van der Waals surface area contributed by atoms with Gasteiger partial charge < -0.3 is 10.1 Å². The number of benzene rings is 1. The number of rotatable bonds is 5. The predicted octanol–water partition coefficient (Wildman–Crippen LogP) is 3.48. The van der Waals surface area contributed by atoms with Gasteiger partial charge in [-0.25, -0.2) is 4.39 Å². The maximum atomic E-state index is 13.5. The minimum absolute atomic E-state index is 0.161. The Bertz CT molecular complexity index is 721. The molecule has 0 saturated carbocycles.